The van der Waals surface area contributed by atoms with Gasteiger partial charge in [-0.15, -0.1) is 10.2 Å². The summed E-state index contributed by atoms with van der Waals surface area (Å²) in [7, 11) is 0. The molecule has 0 bridgehead atoms. The molecule has 3 aromatic rings. The number of nitrogens with zero attached hydrogens (tertiary/aromatic N) is 3. The first kappa shape index (κ1) is 16.6. The van der Waals surface area contributed by atoms with Crippen molar-refractivity contribution in [2.75, 3.05) is 5.32 Å². The van der Waals surface area contributed by atoms with Gasteiger partial charge in [0.1, 0.15) is 18.4 Å². The van der Waals surface area contributed by atoms with E-state index in [0.29, 0.717) is 11.3 Å². The summed E-state index contributed by atoms with van der Waals surface area (Å²) in [6.45, 7) is -2.90. The molecule has 25 heavy (non-hydrogen) atoms. The highest BCUT2D eigenvalue weighted by Crippen LogP contribution is 2.18. The van der Waals surface area contributed by atoms with Crippen LogP contribution in [-0.2, 0) is 11.2 Å². The highest BCUT2D eigenvalue weighted by molar-refractivity contribution is 5.92. The van der Waals surface area contributed by atoms with Crippen LogP contribution < -0.4 is 10.1 Å². The van der Waals surface area contributed by atoms with Gasteiger partial charge in [-0.05, 0) is 35.9 Å². The molecule has 2 aromatic carbocycles. The van der Waals surface area contributed by atoms with Crippen LogP contribution >= 0.6 is 0 Å². The summed E-state index contributed by atoms with van der Waals surface area (Å²) in [6.07, 6.45) is 3.14. The van der Waals surface area contributed by atoms with Crippen molar-refractivity contribution in [1.29, 1.82) is 0 Å². The van der Waals surface area contributed by atoms with Gasteiger partial charge in [-0.3, -0.25) is 9.36 Å². The fraction of sp³-hybridized carbons (Fsp3) is 0.118. The highest BCUT2D eigenvalue weighted by Gasteiger charge is 2.08. The second kappa shape index (κ2) is 7.52. The number of hydrogen-bond acceptors (Lipinski definition) is 4. The maximum Gasteiger partial charge on any atom is 0.387 e. The second-order valence-electron chi connectivity index (χ2n) is 5.17. The van der Waals surface area contributed by atoms with Crippen LogP contribution in [-0.4, -0.2) is 27.3 Å². The number of nitrogens with one attached hydrogen (secondary N) is 1. The van der Waals surface area contributed by atoms with Crippen LogP contribution in [0.2, 0.25) is 0 Å². The molecule has 0 spiro atoms. The molecular formula is C17H14F2N4O2. The molecule has 0 aliphatic heterocycles. The van der Waals surface area contributed by atoms with Gasteiger partial charge in [-0.25, -0.2) is 0 Å². The zero-order chi connectivity index (χ0) is 17.6. The highest BCUT2D eigenvalue weighted by atomic mass is 19.3. The summed E-state index contributed by atoms with van der Waals surface area (Å²) in [5.41, 5.74) is 1.98. The number of hydrogen-bond donors (Lipinski definition) is 1. The van der Waals surface area contributed by atoms with Gasteiger partial charge in [0.25, 0.3) is 0 Å². The minimum absolute atomic E-state index is 0.0231. The van der Waals surface area contributed by atoms with E-state index in [4.69, 9.17) is 0 Å². The van der Waals surface area contributed by atoms with E-state index in [0.717, 1.165) is 5.69 Å². The smallest absolute Gasteiger partial charge is 0.387 e. The van der Waals surface area contributed by atoms with Crippen LogP contribution in [0, 0.1) is 0 Å². The Morgan fingerprint density at radius 1 is 1.12 bits per heavy atom. The molecule has 0 fully saturated rings. The average molecular weight is 344 g/mol. The van der Waals surface area contributed by atoms with E-state index in [1.165, 1.54) is 12.1 Å². The predicted octanol–water partition coefficient (Wildman–Crippen LogP) is 3.05. The van der Waals surface area contributed by atoms with E-state index in [-0.39, 0.29) is 18.1 Å². The number of aromatic nitrogens is 3. The third kappa shape index (κ3) is 4.60. The van der Waals surface area contributed by atoms with Crippen LogP contribution in [0.15, 0.2) is 61.2 Å². The van der Waals surface area contributed by atoms with Crippen LogP contribution in [0.25, 0.3) is 5.69 Å². The van der Waals surface area contributed by atoms with E-state index in [1.807, 2.05) is 6.07 Å². The summed E-state index contributed by atoms with van der Waals surface area (Å²) >= 11 is 0. The number of halogens is 2. The van der Waals surface area contributed by atoms with Gasteiger partial charge >= 0.3 is 6.61 Å². The Hall–Kier alpha value is -3.29. The first-order valence-corrected chi connectivity index (χ1v) is 7.39. The number of rotatable bonds is 6. The Balaban J connectivity index is 1.66. The van der Waals surface area contributed by atoms with Crippen molar-refractivity contribution in [3.63, 3.8) is 0 Å². The molecule has 128 valence electrons. The van der Waals surface area contributed by atoms with Crippen LogP contribution in [0.5, 0.6) is 5.75 Å². The number of amides is 1. The van der Waals surface area contributed by atoms with Crippen LogP contribution in [0.1, 0.15) is 5.56 Å². The fourth-order valence-corrected chi connectivity index (χ4v) is 2.30. The normalized spacial score (nSPS) is 10.7. The summed E-state index contributed by atoms with van der Waals surface area (Å²) in [5, 5.41) is 10.2. The van der Waals surface area contributed by atoms with Crippen LogP contribution in [0.4, 0.5) is 14.5 Å². The van der Waals surface area contributed by atoms with Crippen molar-refractivity contribution >= 4 is 11.6 Å². The van der Waals surface area contributed by atoms with E-state index in [1.54, 1.807) is 47.6 Å². The van der Waals surface area contributed by atoms with Gasteiger partial charge in [0.15, 0.2) is 0 Å². The number of ether oxygens (including phenoxy) is 1. The molecule has 6 nitrogen and oxygen atoms in total. The van der Waals surface area contributed by atoms with Gasteiger partial charge < -0.3 is 10.1 Å². The Labute approximate surface area is 142 Å². The van der Waals surface area contributed by atoms with Crippen molar-refractivity contribution in [2.45, 2.75) is 13.0 Å². The molecule has 1 amide bonds. The Bertz CT molecular complexity index is 853. The molecule has 0 aliphatic carbocycles. The summed E-state index contributed by atoms with van der Waals surface area (Å²) < 4.78 is 30.5. The van der Waals surface area contributed by atoms with Crippen molar-refractivity contribution in [1.82, 2.24) is 14.8 Å². The van der Waals surface area contributed by atoms with Gasteiger partial charge in [0, 0.05) is 5.69 Å². The molecule has 8 heteroatoms. The quantitative estimate of drug-likeness (QED) is 0.746. The van der Waals surface area contributed by atoms with E-state index in [9.17, 15) is 13.6 Å². The molecule has 1 heterocycles. The maximum atomic E-state index is 12.2. The molecule has 0 aliphatic rings. The zero-order valence-electron chi connectivity index (χ0n) is 13.0. The number of anilines is 1. The number of carbonyl (C=O) groups excluding carboxylic acids is 1. The molecule has 0 atom stereocenters. The lowest BCUT2D eigenvalue weighted by atomic mass is 10.1. The summed E-state index contributed by atoms with van der Waals surface area (Å²) in [4.78, 5) is 12.2. The van der Waals surface area contributed by atoms with Gasteiger partial charge in [-0.2, -0.15) is 8.78 Å². The third-order valence-electron chi connectivity index (χ3n) is 3.34. The standard InChI is InChI=1S/C17H14F2N4O2/c18-17(19)25-15-6-1-3-12(7-15)8-16(24)22-13-4-2-5-14(9-13)23-10-20-21-11-23/h1-7,9-11,17H,8H2,(H,22,24). The molecular weight excluding hydrogens is 330 g/mol. The fourth-order valence-electron chi connectivity index (χ4n) is 2.30. The summed E-state index contributed by atoms with van der Waals surface area (Å²) in [5.74, 6) is -0.245. The largest absolute Gasteiger partial charge is 0.435 e. The topological polar surface area (TPSA) is 69.0 Å². The monoisotopic (exact) mass is 344 g/mol. The van der Waals surface area contributed by atoms with Gasteiger partial charge in [0.05, 0.1) is 12.1 Å². The Kier molecular flexibility index (Phi) is 4.98. The minimum Gasteiger partial charge on any atom is -0.435 e. The third-order valence-corrected chi connectivity index (χ3v) is 3.34. The Morgan fingerprint density at radius 3 is 2.64 bits per heavy atom. The van der Waals surface area contributed by atoms with Crippen molar-refractivity contribution in [2.24, 2.45) is 0 Å². The van der Waals surface area contributed by atoms with E-state index >= 15 is 0 Å². The molecule has 0 radical (unpaired) electrons. The van der Waals surface area contributed by atoms with E-state index in [2.05, 4.69) is 20.3 Å². The first-order chi connectivity index (χ1) is 12.1. The molecule has 0 saturated carbocycles. The molecule has 0 unspecified atom stereocenters. The summed E-state index contributed by atoms with van der Waals surface area (Å²) in [6, 6.07) is 13.2. The van der Waals surface area contributed by atoms with Crippen molar-refractivity contribution < 1.29 is 18.3 Å². The molecule has 1 aromatic heterocycles. The molecule has 1 N–H and O–H groups in total. The first-order valence-electron chi connectivity index (χ1n) is 7.39. The molecule has 3 rings (SSSR count). The number of benzene rings is 2. The lowest BCUT2D eigenvalue weighted by Gasteiger charge is -2.09. The average Bonchev–Trinajstić information content (AvgIpc) is 3.09. The lowest BCUT2D eigenvalue weighted by Crippen LogP contribution is -2.14. The number of carbonyl (C=O) groups is 1. The number of alkyl halides is 2. The van der Waals surface area contributed by atoms with Gasteiger partial charge in [-0.1, -0.05) is 18.2 Å². The van der Waals surface area contributed by atoms with Gasteiger partial charge in [0.2, 0.25) is 5.91 Å². The van der Waals surface area contributed by atoms with Crippen LogP contribution in [0.3, 0.4) is 0 Å². The van der Waals surface area contributed by atoms with E-state index < -0.39 is 6.61 Å². The second-order valence-corrected chi connectivity index (χ2v) is 5.17. The molecule has 0 saturated heterocycles. The predicted molar refractivity (Wildman–Crippen MR) is 86.8 cm³/mol. The minimum atomic E-state index is -2.90. The Morgan fingerprint density at radius 2 is 1.88 bits per heavy atom. The van der Waals surface area contributed by atoms with Crippen molar-refractivity contribution in [3.05, 3.63) is 66.7 Å². The SMILES string of the molecule is O=C(Cc1cccc(OC(F)F)c1)Nc1cccc(-n2cnnc2)c1. The maximum absolute atomic E-state index is 12.2. The van der Waals surface area contributed by atoms with Crippen molar-refractivity contribution in [3.8, 4) is 11.4 Å². The zero-order valence-corrected chi connectivity index (χ0v) is 13.0. The lowest BCUT2D eigenvalue weighted by molar-refractivity contribution is -0.115.